The summed E-state index contributed by atoms with van der Waals surface area (Å²) in [7, 11) is 1.64. The number of carbonyl (C=O) groups excluding carboxylic acids is 2. The van der Waals surface area contributed by atoms with Crippen LogP contribution in [0.4, 0.5) is 15.3 Å². The molecule has 1 aliphatic carbocycles. The summed E-state index contributed by atoms with van der Waals surface area (Å²) in [6, 6.07) is 7.92. The molecule has 1 aliphatic heterocycles. The number of piperidine rings is 1. The zero-order valence-electron chi connectivity index (χ0n) is 18.5. The highest BCUT2D eigenvalue weighted by molar-refractivity contribution is 5.89. The number of benzene rings is 1. The second-order valence-electron chi connectivity index (χ2n) is 8.39. The van der Waals surface area contributed by atoms with Crippen molar-refractivity contribution in [3.8, 4) is 0 Å². The Morgan fingerprint density at radius 1 is 1.00 bits per heavy atom. The number of methoxy groups -OCH3 is 1. The molecular weight excluding hydrogens is 396 g/mol. The van der Waals surface area contributed by atoms with Gasteiger partial charge >= 0.3 is 12.1 Å². The molecule has 2 fully saturated rings. The van der Waals surface area contributed by atoms with Crippen LogP contribution in [0.15, 0.2) is 24.3 Å². The van der Waals surface area contributed by atoms with Crippen LogP contribution in [0, 0.1) is 0 Å². The number of nitrogens with zero attached hydrogens (tertiary/aromatic N) is 1. The lowest BCUT2D eigenvalue weighted by molar-refractivity contribution is 0.0617. The lowest BCUT2D eigenvalue weighted by Gasteiger charge is -2.33. The molecule has 2 aliphatic rings. The van der Waals surface area contributed by atoms with Gasteiger partial charge in [-0.2, -0.15) is 0 Å². The lowest BCUT2D eigenvalue weighted by atomic mass is 9.96. The average molecular weight is 433 g/mol. The highest BCUT2D eigenvalue weighted by Crippen LogP contribution is 2.18. The second-order valence-corrected chi connectivity index (χ2v) is 8.39. The molecule has 0 aromatic heterocycles. The van der Waals surface area contributed by atoms with Crippen molar-refractivity contribution < 1.29 is 19.1 Å². The topological polar surface area (TPSA) is 91.9 Å². The molecule has 0 unspecified atom stereocenters. The lowest BCUT2D eigenvalue weighted by Crippen LogP contribution is -2.51. The van der Waals surface area contributed by atoms with Crippen LogP contribution in [0.5, 0.6) is 0 Å². The van der Waals surface area contributed by atoms with E-state index < -0.39 is 0 Å². The van der Waals surface area contributed by atoms with Gasteiger partial charge in [0.1, 0.15) is 0 Å². The van der Waals surface area contributed by atoms with E-state index in [2.05, 4.69) is 16.0 Å². The van der Waals surface area contributed by atoms with Crippen LogP contribution in [0.1, 0.15) is 50.5 Å². The third-order valence-electron chi connectivity index (χ3n) is 5.94. The summed E-state index contributed by atoms with van der Waals surface area (Å²) in [6.07, 6.45) is 7.34. The molecule has 1 heterocycles. The molecule has 1 aromatic rings. The maximum Gasteiger partial charge on any atom is 0.321 e. The van der Waals surface area contributed by atoms with E-state index in [4.69, 9.17) is 9.47 Å². The van der Waals surface area contributed by atoms with Crippen LogP contribution < -0.4 is 16.0 Å². The van der Waals surface area contributed by atoms with E-state index in [9.17, 15) is 9.59 Å². The fraction of sp³-hybridized carbons (Fsp3) is 0.652. The molecule has 31 heavy (non-hydrogen) atoms. The quantitative estimate of drug-likeness (QED) is 0.549. The Morgan fingerprint density at radius 3 is 2.42 bits per heavy atom. The van der Waals surface area contributed by atoms with Crippen molar-refractivity contribution in [3.63, 3.8) is 0 Å². The average Bonchev–Trinajstić information content (AvgIpc) is 2.78. The van der Waals surface area contributed by atoms with Crippen LogP contribution >= 0.6 is 0 Å². The van der Waals surface area contributed by atoms with Crippen LogP contribution in [0.3, 0.4) is 0 Å². The Balaban J connectivity index is 1.37. The first-order valence-corrected chi connectivity index (χ1v) is 11.4. The number of anilines is 1. The maximum absolute atomic E-state index is 12.6. The fourth-order valence-electron chi connectivity index (χ4n) is 4.16. The van der Waals surface area contributed by atoms with Gasteiger partial charge in [0.25, 0.3) is 0 Å². The van der Waals surface area contributed by atoms with Gasteiger partial charge in [-0.3, -0.25) is 0 Å². The minimum atomic E-state index is -0.109. The zero-order valence-corrected chi connectivity index (χ0v) is 18.5. The number of hydrogen-bond acceptors (Lipinski definition) is 4. The number of urea groups is 2. The van der Waals surface area contributed by atoms with E-state index in [1.165, 1.54) is 19.3 Å². The van der Waals surface area contributed by atoms with Gasteiger partial charge in [-0.1, -0.05) is 31.4 Å². The fourth-order valence-corrected chi connectivity index (χ4v) is 4.16. The number of carbonyl (C=O) groups is 2. The summed E-state index contributed by atoms with van der Waals surface area (Å²) in [5.41, 5.74) is 1.76. The monoisotopic (exact) mass is 432 g/mol. The minimum absolute atomic E-state index is 0.0701. The molecule has 0 radical (unpaired) electrons. The number of amides is 4. The molecule has 0 bridgehead atoms. The maximum atomic E-state index is 12.6. The van der Waals surface area contributed by atoms with Crippen molar-refractivity contribution in [1.82, 2.24) is 15.5 Å². The summed E-state index contributed by atoms with van der Waals surface area (Å²) in [5, 5.41) is 9.15. The van der Waals surface area contributed by atoms with E-state index in [0.717, 1.165) is 36.9 Å². The minimum Gasteiger partial charge on any atom is -0.382 e. The molecule has 8 nitrogen and oxygen atoms in total. The smallest absolute Gasteiger partial charge is 0.321 e. The molecular formula is C23H36N4O4. The Morgan fingerprint density at radius 2 is 1.71 bits per heavy atom. The van der Waals surface area contributed by atoms with Crippen LogP contribution in [0.2, 0.25) is 0 Å². The molecule has 4 amide bonds. The number of nitrogens with one attached hydrogen (secondary N) is 3. The summed E-state index contributed by atoms with van der Waals surface area (Å²) in [4.78, 5) is 26.7. The third kappa shape index (κ3) is 8.03. The predicted octanol–water partition coefficient (Wildman–Crippen LogP) is 3.48. The first-order valence-electron chi connectivity index (χ1n) is 11.4. The van der Waals surface area contributed by atoms with Crippen LogP contribution in [-0.2, 0) is 16.1 Å². The predicted molar refractivity (Wildman–Crippen MR) is 120 cm³/mol. The second kappa shape index (κ2) is 12.5. The van der Waals surface area contributed by atoms with Gasteiger partial charge in [-0.05, 0) is 43.4 Å². The van der Waals surface area contributed by atoms with Crippen molar-refractivity contribution in [2.75, 3.05) is 38.7 Å². The Labute approximate surface area is 185 Å². The molecule has 1 saturated carbocycles. The molecule has 1 aromatic carbocycles. The van der Waals surface area contributed by atoms with E-state index in [-0.39, 0.29) is 18.1 Å². The van der Waals surface area contributed by atoms with Crippen molar-refractivity contribution in [2.45, 2.75) is 63.6 Å². The van der Waals surface area contributed by atoms with Crippen LogP contribution in [0.25, 0.3) is 0 Å². The first kappa shape index (κ1) is 23.3. The van der Waals surface area contributed by atoms with Crippen LogP contribution in [-0.4, -0.2) is 62.5 Å². The van der Waals surface area contributed by atoms with E-state index >= 15 is 0 Å². The van der Waals surface area contributed by atoms with E-state index in [1.807, 2.05) is 24.3 Å². The zero-order chi connectivity index (χ0) is 21.9. The van der Waals surface area contributed by atoms with E-state index in [1.54, 1.807) is 12.0 Å². The Bertz CT molecular complexity index is 701. The van der Waals surface area contributed by atoms with Gasteiger partial charge in [0.2, 0.25) is 0 Å². The molecule has 0 spiro atoms. The highest BCUT2D eigenvalue weighted by atomic mass is 16.5. The van der Waals surface area contributed by atoms with Gasteiger partial charge in [0, 0.05) is 38.0 Å². The molecule has 172 valence electrons. The molecule has 3 N–H and O–H groups in total. The summed E-state index contributed by atoms with van der Waals surface area (Å²) in [5.74, 6) is 0. The van der Waals surface area contributed by atoms with Crippen molar-refractivity contribution >= 4 is 17.7 Å². The Hall–Kier alpha value is -2.32. The third-order valence-corrected chi connectivity index (χ3v) is 5.94. The standard InChI is InChI=1S/C23H36N4O4/c1-30-14-15-31-17-18-6-5-9-21(16-18)26-23(29)27-12-10-20(11-13-27)25-22(28)24-19-7-3-2-4-8-19/h5-6,9,16,19-20H,2-4,7-8,10-15,17H2,1H3,(H,26,29)(H2,24,25,28). The largest absolute Gasteiger partial charge is 0.382 e. The van der Waals surface area contributed by atoms with Crippen molar-refractivity contribution in [2.24, 2.45) is 0 Å². The number of ether oxygens (including phenoxy) is 2. The first-order chi connectivity index (χ1) is 15.1. The molecule has 8 heteroatoms. The van der Waals surface area contributed by atoms with Gasteiger partial charge in [-0.25, -0.2) is 9.59 Å². The highest BCUT2D eigenvalue weighted by Gasteiger charge is 2.25. The normalized spacial score (nSPS) is 17.9. The van der Waals surface area contributed by atoms with Crippen molar-refractivity contribution in [1.29, 1.82) is 0 Å². The Kier molecular flexibility index (Phi) is 9.42. The summed E-state index contributed by atoms with van der Waals surface area (Å²) in [6.45, 7) is 2.82. The van der Waals surface area contributed by atoms with Gasteiger partial charge in [-0.15, -0.1) is 0 Å². The molecule has 0 atom stereocenters. The molecule has 3 rings (SSSR count). The number of likely N-dealkylation sites (tertiary alicyclic amines) is 1. The van der Waals surface area contributed by atoms with Gasteiger partial charge < -0.3 is 30.3 Å². The summed E-state index contributed by atoms with van der Waals surface area (Å²) >= 11 is 0. The van der Waals surface area contributed by atoms with Gasteiger partial charge in [0.05, 0.1) is 19.8 Å². The summed E-state index contributed by atoms with van der Waals surface area (Å²) < 4.78 is 10.5. The van der Waals surface area contributed by atoms with Crippen molar-refractivity contribution in [3.05, 3.63) is 29.8 Å². The van der Waals surface area contributed by atoms with Gasteiger partial charge in [0.15, 0.2) is 0 Å². The number of hydrogen-bond donors (Lipinski definition) is 3. The number of rotatable bonds is 8. The molecule has 1 saturated heterocycles. The van der Waals surface area contributed by atoms with E-state index in [0.29, 0.717) is 39.0 Å². The SMILES string of the molecule is COCCOCc1cccc(NC(=O)N2CCC(NC(=O)NC3CCCCC3)CC2)c1.